The maximum Gasteiger partial charge on any atom is 0.200 e. The molecule has 6 heteroatoms. The Bertz CT molecular complexity index is 674. The first kappa shape index (κ1) is 13.8. The van der Waals surface area contributed by atoms with E-state index in [-0.39, 0.29) is 16.3 Å². The first-order valence-corrected chi connectivity index (χ1v) is 5.90. The van der Waals surface area contributed by atoms with E-state index in [9.17, 15) is 13.6 Å². The second-order valence-electron chi connectivity index (χ2n) is 3.78. The number of halogens is 4. The maximum atomic E-state index is 13.8. The number of hydrogen-bond donors (Lipinski definition) is 1. The first-order chi connectivity index (χ1) is 8.91. The zero-order valence-electron chi connectivity index (χ0n) is 9.38. The molecule has 0 heterocycles. The van der Waals surface area contributed by atoms with Crippen LogP contribution in [0.4, 0.5) is 14.5 Å². The number of rotatable bonds is 2. The topological polar surface area (TPSA) is 43.1 Å². The van der Waals surface area contributed by atoms with Gasteiger partial charge in [0.25, 0.3) is 0 Å². The summed E-state index contributed by atoms with van der Waals surface area (Å²) in [4.78, 5) is 12.1. The summed E-state index contributed by atoms with van der Waals surface area (Å²) in [6.45, 7) is 0. The fourth-order valence-electron chi connectivity index (χ4n) is 1.59. The number of ketones is 1. The second-order valence-corrected chi connectivity index (χ2v) is 4.62. The molecule has 0 atom stereocenters. The van der Waals surface area contributed by atoms with Crippen LogP contribution in [0.15, 0.2) is 30.3 Å². The Hall–Kier alpha value is -1.65. The second kappa shape index (κ2) is 5.15. The van der Waals surface area contributed by atoms with Gasteiger partial charge in [-0.15, -0.1) is 0 Å². The van der Waals surface area contributed by atoms with E-state index < -0.39 is 23.0 Å². The average Bonchev–Trinajstić information content (AvgIpc) is 2.34. The molecular weight excluding hydrogens is 295 g/mol. The van der Waals surface area contributed by atoms with Crippen LogP contribution in [0.25, 0.3) is 0 Å². The molecule has 0 saturated heterocycles. The molecule has 0 amide bonds. The third-order valence-corrected chi connectivity index (χ3v) is 3.07. The number of carbonyl (C=O) groups is 1. The summed E-state index contributed by atoms with van der Waals surface area (Å²) in [6, 6.07) is 6.00. The molecule has 0 aliphatic carbocycles. The molecule has 0 unspecified atom stereocenters. The lowest BCUT2D eigenvalue weighted by molar-refractivity contribution is 0.103. The molecule has 0 bridgehead atoms. The lowest BCUT2D eigenvalue weighted by atomic mass is 10.0. The zero-order chi connectivity index (χ0) is 14.2. The van der Waals surface area contributed by atoms with Gasteiger partial charge in [0.05, 0.1) is 16.3 Å². The maximum absolute atomic E-state index is 13.8. The van der Waals surface area contributed by atoms with Gasteiger partial charge in [0.2, 0.25) is 5.78 Å². The molecule has 2 aromatic carbocycles. The molecule has 0 spiro atoms. The molecule has 2 nitrogen and oxygen atoms in total. The highest BCUT2D eigenvalue weighted by atomic mass is 35.5. The van der Waals surface area contributed by atoms with Gasteiger partial charge < -0.3 is 5.73 Å². The van der Waals surface area contributed by atoms with E-state index in [2.05, 4.69) is 0 Å². The van der Waals surface area contributed by atoms with Gasteiger partial charge in [0, 0.05) is 10.6 Å². The minimum atomic E-state index is -1.10. The fraction of sp³-hybridized carbons (Fsp3) is 0. The number of benzene rings is 2. The number of carbonyl (C=O) groups excluding carboxylic acids is 1. The van der Waals surface area contributed by atoms with Crippen molar-refractivity contribution in [2.45, 2.75) is 0 Å². The molecule has 0 fully saturated rings. The van der Waals surface area contributed by atoms with Gasteiger partial charge >= 0.3 is 0 Å². The molecule has 0 aromatic heterocycles. The highest BCUT2D eigenvalue weighted by molar-refractivity contribution is 6.37. The molecule has 0 aliphatic heterocycles. The van der Waals surface area contributed by atoms with Crippen molar-refractivity contribution < 1.29 is 13.6 Å². The summed E-state index contributed by atoms with van der Waals surface area (Å²) < 4.78 is 27.3. The Morgan fingerprint density at radius 3 is 2.42 bits per heavy atom. The van der Waals surface area contributed by atoms with Crippen molar-refractivity contribution >= 4 is 34.7 Å². The first-order valence-electron chi connectivity index (χ1n) is 5.15. The van der Waals surface area contributed by atoms with Gasteiger partial charge in [-0.25, -0.2) is 8.78 Å². The van der Waals surface area contributed by atoms with E-state index in [1.165, 1.54) is 18.2 Å². The van der Waals surface area contributed by atoms with Gasteiger partial charge in [0.1, 0.15) is 5.82 Å². The Kier molecular flexibility index (Phi) is 3.73. The number of nitrogens with two attached hydrogens (primary N) is 1. The molecular formula is C13H7Cl2F2NO. The Labute approximate surface area is 117 Å². The zero-order valence-corrected chi connectivity index (χ0v) is 10.9. The third kappa shape index (κ3) is 2.55. The van der Waals surface area contributed by atoms with Crippen molar-refractivity contribution in [3.05, 3.63) is 63.1 Å². The summed E-state index contributed by atoms with van der Waals surface area (Å²) in [5.74, 6) is -2.98. The van der Waals surface area contributed by atoms with Crippen molar-refractivity contribution in [3.8, 4) is 0 Å². The smallest absolute Gasteiger partial charge is 0.200 e. The molecule has 2 aromatic rings. The summed E-state index contributed by atoms with van der Waals surface area (Å²) in [6.07, 6.45) is 0. The summed E-state index contributed by atoms with van der Waals surface area (Å²) in [7, 11) is 0. The minimum absolute atomic E-state index is 0.0127. The lowest BCUT2D eigenvalue weighted by Gasteiger charge is -2.08. The van der Waals surface area contributed by atoms with Crippen LogP contribution in [-0.2, 0) is 0 Å². The van der Waals surface area contributed by atoms with Gasteiger partial charge in [-0.05, 0) is 30.3 Å². The van der Waals surface area contributed by atoms with Crippen LogP contribution in [-0.4, -0.2) is 5.78 Å². The normalized spacial score (nSPS) is 10.5. The summed E-state index contributed by atoms with van der Waals surface area (Å²) in [5.41, 5.74) is 4.23. The molecule has 0 radical (unpaired) electrons. The van der Waals surface area contributed by atoms with E-state index in [4.69, 9.17) is 28.9 Å². The van der Waals surface area contributed by atoms with Crippen LogP contribution in [0, 0.1) is 11.6 Å². The average molecular weight is 302 g/mol. The standard InChI is InChI=1S/C13H7Cl2F2NO/c14-6-1-2-7(8(15)5-6)13(19)11-9(16)3-4-10(18)12(11)17/h1-5H,18H2. The van der Waals surface area contributed by atoms with E-state index in [1.807, 2.05) is 0 Å². The predicted octanol–water partition coefficient (Wildman–Crippen LogP) is 4.08. The molecule has 19 heavy (non-hydrogen) atoms. The van der Waals surface area contributed by atoms with Crippen molar-refractivity contribution in [3.63, 3.8) is 0 Å². The van der Waals surface area contributed by atoms with Crippen molar-refractivity contribution in [2.24, 2.45) is 0 Å². The Morgan fingerprint density at radius 1 is 1.11 bits per heavy atom. The van der Waals surface area contributed by atoms with Gasteiger partial charge in [0.15, 0.2) is 5.82 Å². The van der Waals surface area contributed by atoms with Crippen LogP contribution in [0.5, 0.6) is 0 Å². The minimum Gasteiger partial charge on any atom is -0.396 e. The van der Waals surface area contributed by atoms with Crippen LogP contribution >= 0.6 is 23.2 Å². The fourth-order valence-corrected chi connectivity index (χ4v) is 2.08. The number of nitrogen functional groups attached to an aromatic ring is 1. The predicted molar refractivity (Wildman–Crippen MR) is 70.7 cm³/mol. The highest BCUT2D eigenvalue weighted by Gasteiger charge is 2.22. The molecule has 0 saturated carbocycles. The number of anilines is 1. The SMILES string of the molecule is Nc1ccc(F)c(C(=O)c2ccc(Cl)cc2Cl)c1F. The highest BCUT2D eigenvalue weighted by Crippen LogP contribution is 2.27. The van der Waals surface area contributed by atoms with E-state index in [0.717, 1.165) is 12.1 Å². The van der Waals surface area contributed by atoms with E-state index in [1.54, 1.807) is 0 Å². The Balaban J connectivity index is 2.59. The van der Waals surface area contributed by atoms with Crippen molar-refractivity contribution in [1.82, 2.24) is 0 Å². The van der Waals surface area contributed by atoms with Crippen LogP contribution < -0.4 is 5.73 Å². The van der Waals surface area contributed by atoms with Crippen molar-refractivity contribution in [1.29, 1.82) is 0 Å². The largest absolute Gasteiger partial charge is 0.396 e. The van der Waals surface area contributed by atoms with Crippen LogP contribution in [0.2, 0.25) is 10.0 Å². The van der Waals surface area contributed by atoms with Gasteiger partial charge in [-0.1, -0.05) is 23.2 Å². The molecule has 0 aliphatic rings. The molecule has 98 valence electrons. The van der Waals surface area contributed by atoms with Crippen LogP contribution in [0.1, 0.15) is 15.9 Å². The Morgan fingerprint density at radius 2 is 1.79 bits per heavy atom. The molecule has 2 N–H and O–H groups in total. The van der Waals surface area contributed by atoms with Gasteiger partial charge in [-0.3, -0.25) is 4.79 Å². The molecule has 2 rings (SSSR count). The van der Waals surface area contributed by atoms with Gasteiger partial charge in [-0.2, -0.15) is 0 Å². The lowest BCUT2D eigenvalue weighted by Crippen LogP contribution is -2.10. The van der Waals surface area contributed by atoms with E-state index >= 15 is 0 Å². The third-order valence-electron chi connectivity index (χ3n) is 2.52. The number of hydrogen-bond acceptors (Lipinski definition) is 2. The summed E-state index contributed by atoms with van der Waals surface area (Å²) >= 11 is 11.5. The quantitative estimate of drug-likeness (QED) is 0.671. The monoisotopic (exact) mass is 301 g/mol. The van der Waals surface area contributed by atoms with Crippen LogP contribution in [0.3, 0.4) is 0 Å². The van der Waals surface area contributed by atoms with E-state index in [0.29, 0.717) is 5.02 Å². The summed E-state index contributed by atoms with van der Waals surface area (Å²) in [5, 5.41) is 0.328. The van der Waals surface area contributed by atoms with Crippen molar-refractivity contribution in [2.75, 3.05) is 5.73 Å².